The van der Waals surface area contributed by atoms with Crippen molar-refractivity contribution in [3.63, 3.8) is 0 Å². The molecule has 2 amide bonds. The second-order valence-corrected chi connectivity index (χ2v) is 9.24. The third-order valence-corrected chi connectivity index (χ3v) is 5.93. The molecule has 3 rings (SSSR count). The Morgan fingerprint density at radius 1 is 1.17 bits per heavy atom. The Hall–Kier alpha value is -3.80. The molecule has 0 spiro atoms. The molecular formula is C30H36N2O4. The van der Waals surface area contributed by atoms with Crippen molar-refractivity contribution < 1.29 is 19.4 Å². The second-order valence-electron chi connectivity index (χ2n) is 9.24. The normalized spacial score (nSPS) is 14.1. The number of nitrogens with one attached hydrogen (secondary N) is 1. The van der Waals surface area contributed by atoms with Crippen LogP contribution in [0.25, 0.3) is 0 Å². The van der Waals surface area contributed by atoms with Gasteiger partial charge in [0.1, 0.15) is 17.5 Å². The van der Waals surface area contributed by atoms with Crippen LogP contribution in [0.15, 0.2) is 85.5 Å². The van der Waals surface area contributed by atoms with Gasteiger partial charge in [-0.3, -0.25) is 9.59 Å². The fourth-order valence-electron chi connectivity index (χ4n) is 4.06. The zero-order chi connectivity index (χ0) is 26.1. The Labute approximate surface area is 214 Å². The molecule has 2 aromatic carbocycles. The van der Waals surface area contributed by atoms with Crippen molar-refractivity contribution in [3.05, 3.63) is 96.6 Å². The van der Waals surface area contributed by atoms with Gasteiger partial charge in [-0.1, -0.05) is 55.7 Å². The number of phenols is 1. The van der Waals surface area contributed by atoms with Gasteiger partial charge in [-0.2, -0.15) is 0 Å². The van der Waals surface area contributed by atoms with Crippen LogP contribution in [0.5, 0.6) is 11.5 Å². The number of carbonyl (C=O) groups is 2. The molecule has 1 unspecified atom stereocenters. The fraction of sp³-hybridized carbons (Fsp3) is 0.333. The van der Waals surface area contributed by atoms with Gasteiger partial charge in [-0.25, -0.2) is 0 Å². The van der Waals surface area contributed by atoms with Gasteiger partial charge in [-0.15, -0.1) is 0 Å². The Morgan fingerprint density at radius 2 is 1.89 bits per heavy atom. The molecule has 0 bridgehead atoms. The summed E-state index contributed by atoms with van der Waals surface area (Å²) in [5.74, 6) is 0.519. The van der Waals surface area contributed by atoms with E-state index in [4.69, 9.17) is 4.74 Å². The maximum absolute atomic E-state index is 13.6. The lowest BCUT2D eigenvalue weighted by atomic mass is 10.0. The number of allylic oxidation sites excluding steroid dienone is 2. The first-order chi connectivity index (χ1) is 17.3. The van der Waals surface area contributed by atoms with E-state index in [0.717, 1.165) is 24.0 Å². The van der Waals surface area contributed by atoms with Crippen molar-refractivity contribution >= 4 is 11.8 Å². The Kier molecular flexibility index (Phi) is 9.51. The minimum Gasteiger partial charge on any atom is -0.508 e. The molecule has 0 heterocycles. The molecular weight excluding hydrogens is 452 g/mol. The van der Waals surface area contributed by atoms with Gasteiger partial charge >= 0.3 is 0 Å². The van der Waals surface area contributed by atoms with E-state index in [1.54, 1.807) is 35.3 Å². The molecule has 1 atom stereocenters. The average molecular weight is 489 g/mol. The van der Waals surface area contributed by atoms with Crippen molar-refractivity contribution in [2.24, 2.45) is 0 Å². The summed E-state index contributed by atoms with van der Waals surface area (Å²) in [6.07, 6.45) is 7.62. The van der Waals surface area contributed by atoms with Crippen molar-refractivity contribution in [1.82, 2.24) is 10.2 Å². The molecule has 6 nitrogen and oxygen atoms in total. The molecule has 1 aliphatic carbocycles. The van der Waals surface area contributed by atoms with Crippen LogP contribution in [-0.2, 0) is 16.0 Å². The van der Waals surface area contributed by atoms with Crippen LogP contribution < -0.4 is 10.1 Å². The number of carbonyl (C=O) groups excluding carboxylic acids is 2. The molecule has 36 heavy (non-hydrogen) atoms. The number of hydrogen-bond donors (Lipinski definition) is 2. The van der Waals surface area contributed by atoms with Crippen LogP contribution >= 0.6 is 0 Å². The number of nitrogens with zero attached hydrogens (tertiary/aromatic N) is 1. The number of amides is 2. The molecule has 6 heteroatoms. The van der Waals surface area contributed by atoms with E-state index in [9.17, 15) is 14.7 Å². The third-order valence-electron chi connectivity index (χ3n) is 5.93. The lowest BCUT2D eigenvalue weighted by Gasteiger charge is -2.32. The molecule has 0 saturated heterocycles. The van der Waals surface area contributed by atoms with Gasteiger partial charge in [0, 0.05) is 19.0 Å². The van der Waals surface area contributed by atoms with Crippen molar-refractivity contribution in [1.29, 1.82) is 0 Å². The monoisotopic (exact) mass is 488 g/mol. The van der Waals surface area contributed by atoms with E-state index in [1.165, 1.54) is 0 Å². The van der Waals surface area contributed by atoms with Crippen LogP contribution in [0.4, 0.5) is 0 Å². The van der Waals surface area contributed by atoms with E-state index in [1.807, 2.05) is 50.2 Å². The predicted molar refractivity (Wildman–Crippen MR) is 143 cm³/mol. The summed E-state index contributed by atoms with van der Waals surface area (Å²) in [5.41, 5.74) is 2.49. The number of ether oxygens (including phenoxy) is 1. The number of phenolic OH excluding ortho intramolecular Hbond substituents is 1. The van der Waals surface area contributed by atoms with Gasteiger partial charge in [-0.05, 0) is 74.1 Å². The first-order valence-corrected chi connectivity index (χ1v) is 12.4. The summed E-state index contributed by atoms with van der Waals surface area (Å²) in [6.45, 7) is 11.7. The van der Waals surface area contributed by atoms with Crippen molar-refractivity contribution in [2.45, 2.75) is 57.7 Å². The molecule has 1 fully saturated rings. The minimum atomic E-state index is -0.782. The Balaban J connectivity index is 1.89. The van der Waals surface area contributed by atoms with Crippen molar-refractivity contribution in [3.8, 4) is 11.5 Å². The highest BCUT2D eigenvalue weighted by molar-refractivity contribution is 5.89. The molecule has 0 radical (unpaired) electrons. The maximum Gasteiger partial charge on any atom is 0.247 e. The predicted octanol–water partition coefficient (Wildman–Crippen LogP) is 5.26. The standard InChI is InChI=1S/C30H36N2O4/c1-5-8-22(6-2)20-31-30(35)29(24-9-7-10-27(19-24)36-21(3)4)32(25-14-15-25)28(34)18-13-23-11-16-26(33)17-12-23/h5-12,16-17,19,21,25,29,33H,1-2,13-15,18,20H2,3-4H3,(H,31,35)/b22-8+. The average Bonchev–Trinajstić information content (AvgIpc) is 3.69. The van der Waals surface area contributed by atoms with Crippen LogP contribution in [0.1, 0.15) is 50.3 Å². The Bertz CT molecular complexity index is 1100. The summed E-state index contributed by atoms with van der Waals surface area (Å²) in [6, 6.07) is 13.5. The first-order valence-electron chi connectivity index (χ1n) is 12.4. The van der Waals surface area contributed by atoms with E-state index in [-0.39, 0.29) is 42.7 Å². The number of rotatable bonds is 13. The zero-order valence-electron chi connectivity index (χ0n) is 21.2. The minimum absolute atomic E-state index is 0.0156. The van der Waals surface area contributed by atoms with Crippen molar-refractivity contribution in [2.75, 3.05) is 6.54 Å². The van der Waals surface area contributed by atoms with Gasteiger partial charge in [0.2, 0.25) is 11.8 Å². The van der Waals surface area contributed by atoms with Gasteiger partial charge in [0.25, 0.3) is 0 Å². The topological polar surface area (TPSA) is 78.9 Å². The quantitative estimate of drug-likeness (QED) is 0.377. The lowest BCUT2D eigenvalue weighted by molar-refractivity contribution is -0.141. The highest BCUT2D eigenvalue weighted by Gasteiger charge is 2.41. The molecule has 2 N–H and O–H groups in total. The SMILES string of the molecule is C=C/C=C(\C=C)CNC(=O)C(c1cccc(OC(C)C)c1)N(C(=O)CCc1ccc(O)cc1)C1CC1. The van der Waals surface area contributed by atoms with E-state index in [0.29, 0.717) is 17.7 Å². The van der Waals surface area contributed by atoms with Gasteiger partial charge in [0.05, 0.1) is 6.10 Å². The molecule has 0 aliphatic heterocycles. The van der Waals surface area contributed by atoms with E-state index in [2.05, 4.69) is 18.5 Å². The van der Waals surface area contributed by atoms with Gasteiger partial charge < -0.3 is 20.1 Å². The zero-order valence-corrected chi connectivity index (χ0v) is 21.2. The molecule has 0 aromatic heterocycles. The lowest BCUT2D eigenvalue weighted by Crippen LogP contribution is -2.45. The Morgan fingerprint density at radius 3 is 2.50 bits per heavy atom. The molecule has 1 aliphatic rings. The summed E-state index contributed by atoms with van der Waals surface area (Å²) in [4.78, 5) is 28.9. The summed E-state index contributed by atoms with van der Waals surface area (Å²) in [7, 11) is 0. The van der Waals surface area contributed by atoms with Crippen LogP contribution in [0.3, 0.4) is 0 Å². The number of aromatic hydroxyl groups is 1. The maximum atomic E-state index is 13.6. The largest absolute Gasteiger partial charge is 0.508 e. The van der Waals surface area contributed by atoms with Gasteiger partial charge in [0.15, 0.2) is 0 Å². The first kappa shape index (κ1) is 26.8. The third kappa shape index (κ3) is 7.60. The number of aryl methyl sites for hydroxylation is 1. The summed E-state index contributed by atoms with van der Waals surface area (Å²) in [5, 5.41) is 12.5. The highest BCUT2D eigenvalue weighted by Crippen LogP contribution is 2.36. The van der Waals surface area contributed by atoms with E-state index >= 15 is 0 Å². The fourth-order valence-corrected chi connectivity index (χ4v) is 4.06. The summed E-state index contributed by atoms with van der Waals surface area (Å²) >= 11 is 0. The molecule has 2 aromatic rings. The summed E-state index contributed by atoms with van der Waals surface area (Å²) < 4.78 is 5.87. The van der Waals surface area contributed by atoms with E-state index < -0.39 is 6.04 Å². The van der Waals surface area contributed by atoms with Crippen LogP contribution in [-0.4, -0.2) is 40.5 Å². The molecule has 190 valence electrons. The second kappa shape index (κ2) is 12.8. The van der Waals surface area contributed by atoms with Crippen LogP contribution in [0.2, 0.25) is 0 Å². The smallest absolute Gasteiger partial charge is 0.247 e. The van der Waals surface area contributed by atoms with Crippen LogP contribution in [0, 0.1) is 0 Å². The molecule has 1 saturated carbocycles. The number of benzene rings is 2. The number of hydrogen-bond acceptors (Lipinski definition) is 4. The highest BCUT2D eigenvalue weighted by atomic mass is 16.5.